The first kappa shape index (κ1) is 31.1. The molecule has 0 bridgehead atoms. The molecule has 1 N–H and O–H groups in total. The number of halogens is 3. The number of carbonyl (C=O) groups excluding carboxylic acids is 1. The topological polar surface area (TPSA) is 74.0 Å². The number of hydrogen-bond acceptors (Lipinski definition) is 4. The van der Waals surface area contributed by atoms with Crippen LogP contribution < -0.4 is 0 Å². The monoisotopic (exact) mass is 752 g/mol. The fraction of sp³-hybridized carbons (Fsp3) is 0.0571. The van der Waals surface area contributed by atoms with E-state index in [0.717, 1.165) is 39.7 Å². The van der Waals surface area contributed by atoms with Crippen LogP contribution in [0.2, 0.25) is 0 Å². The normalized spacial score (nSPS) is 11.0. The van der Waals surface area contributed by atoms with E-state index in [-0.39, 0.29) is 42.8 Å². The number of nitrogens with zero attached hydrogens (tertiary/aromatic N) is 2. The maximum Gasteiger partial charge on any atom is 0.155 e. The van der Waals surface area contributed by atoms with Crippen LogP contribution in [0.1, 0.15) is 19.4 Å². The Morgan fingerprint density at radius 2 is 1.51 bits per heavy atom. The van der Waals surface area contributed by atoms with E-state index >= 15 is 4.39 Å². The molecule has 1 radical (unpaired) electrons. The van der Waals surface area contributed by atoms with Crippen molar-refractivity contribution in [1.29, 1.82) is 5.26 Å². The molecular weight excluding hydrogens is 730 g/mol. The van der Waals surface area contributed by atoms with Gasteiger partial charge in [-0.05, 0) is 59.3 Å². The van der Waals surface area contributed by atoms with Crippen LogP contribution in [0.4, 0.5) is 13.2 Å². The van der Waals surface area contributed by atoms with Crippen molar-refractivity contribution in [1.82, 2.24) is 4.98 Å². The standard InChI is InChI=1S/C30H14F3N2.C5H8O2.Ir/c31-21-13-18(14-22(32)15-21)24-5-6-25-26-9-10-35-30(28(26)8-7-27(25)29(24)33)19-11-17-3-1-2-4-23(17)20(12-19)16-34;1-4(6)3-5(2)7;/h1-10,12-15H;3,6H,1-2H3;/q-1;;/b;4-3-;. The van der Waals surface area contributed by atoms with Crippen molar-refractivity contribution in [2.75, 3.05) is 0 Å². The van der Waals surface area contributed by atoms with Crippen molar-refractivity contribution in [2.45, 2.75) is 13.8 Å². The molecule has 6 aromatic rings. The summed E-state index contributed by atoms with van der Waals surface area (Å²) in [5, 5.41) is 22.2. The minimum absolute atomic E-state index is 0. The quantitative estimate of drug-likeness (QED) is 0.0849. The zero-order valence-electron chi connectivity index (χ0n) is 22.9. The number of aliphatic hydroxyl groups is 1. The summed E-state index contributed by atoms with van der Waals surface area (Å²) in [5.74, 6) is -2.15. The average molecular weight is 752 g/mol. The minimum atomic E-state index is -0.767. The predicted molar refractivity (Wildman–Crippen MR) is 158 cm³/mol. The second-order valence-corrected chi connectivity index (χ2v) is 9.65. The number of hydrogen-bond donors (Lipinski definition) is 1. The number of allylic oxidation sites excluding steroid dienone is 2. The summed E-state index contributed by atoms with van der Waals surface area (Å²) in [6.07, 6.45) is 2.81. The number of nitriles is 1. The van der Waals surface area contributed by atoms with Crippen molar-refractivity contribution in [2.24, 2.45) is 0 Å². The van der Waals surface area contributed by atoms with Crippen molar-refractivity contribution in [3.8, 4) is 28.5 Å². The second-order valence-electron chi connectivity index (χ2n) is 9.65. The summed E-state index contributed by atoms with van der Waals surface area (Å²) in [6.45, 7) is 2.85. The Morgan fingerprint density at radius 1 is 0.860 bits per heavy atom. The Morgan fingerprint density at radius 3 is 2.16 bits per heavy atom. The summed E-state index contributed by atoms with van der Waals surface area (Å²) < 4.78 is 43.0. The molecule has 0 unspecified atom stereocenters. The Balaban J connectivity index is 0.000000475. The summed E-state index contributed by atoms with van der Waals surface area (Å²) >= 11 is 0. The number of carbonyl (C=O) groups is 1. The van der Waals surface area contributed by atoms with Crippen LogP contribution in [0.15, 0.2) is 96.9 Å². The maximum atomic E-state index is 15.5. The molecule has 4 nitrogen and oxygen atoms in total. The third kappa shape index (κ3) is 6.49. The number of fused-ring (bicyclic) bond motifs is 4. The van der Waals surface area contributed by atoms with Crippen LogP contribution in [0.5, 0.6) is 0 Å². The van der Waals surface area contributed by atoms with Crippen molar-refractivity contribution < 1.29 is 43.2 Å². The van der Waals surface area contributed by atoms with Gasteiger partial charge in [0.05, 0.1) is 11.8 Å². The molecule has 0 aliphatic heterocycles. The Kier molecular flexibility index (Phi) is 9.40. The molecule has 0 amide bonds. The largest absolute Gasteiger partial charge is 0.512 e. The number of rotatable bonds is 3. The zero-order chi connectivity index (χ0) is 30.0. The molecule has 1 heterocycles. The van der Waals surface area contributed by atoms with Crippen LogP contribution in [-0.2, 0) is 24.9 Å². The van der Waals surface area contributed by atoms with Crippen LogP contribution in [0.25, 0.3) is 54.7 Å². The third-order valence-corrected chi connectivity index (χ3v) is 6.61. The molecular formula is C35H22F3IrN2O2-. The van der Waals surface area contributed by atoms with Gasteiger partial charge >= 0.3 is 0 Å². The Hall–Kier alpha value is -4.83. The molecule has 6 rings (SSSR count). The van der Waals surface area contributed by atoms with E-state index in [1.165, 1.54) is 26.0 Å². The van der Waals surface area contributed by atoms with Gasteiger partial charge in [-0.3, -0.25) is 9.78 Å². The van der Waals surface area contributed by atoms with Crippen molar-refractivity contribution in [3.63, 3.8) is 0 Å². The molecule has 215 valence electrons. The van der Waals surface area contributed by atoms with Gasteiger partial charge in [-0.1, -0.05) is 53.4 Å². The van der Waals surface area contributed by atoms with Gasteiger partial charge in [0.1, 0.15) is 17.5 Å². The number of aromatic nitrogens is 1. The maximum absolute atomic E-state index is 15.5. The molecule has 43 heavy (non-hydrogen) atoms. The molecule has 0 spiro atoms. The van der Waals surface area contributed by atoms with E-state index in [9.17, 15) is 18.8 Å². The predicted octanol–water partition coefficient (Wildman–Crippen LogP) is 9.00. The SMILES string of the molecule is CC(=O)/C=C(/C)O.N#Cc1cc(-c2nccc3c2ccc2c(F)c(-c4cc(F)cc(F)c4)ccc23)[c-]c2ccccc12.[Ir]. The fourth-order valence-electron chi connectivity index (χ4n) is 4.93. The van der Waals surface area contributed by atoms with Crippen LogP contribution in [0, 0.1) is 34.8 Å². The zero-order valence-corrected chi connectivity index (χ0v) is 25.3. The minimum Gasteiger partial charge on any atom is -0.512 e. The van der Waals surface area contributed by atoms with E-state index < -0.39 is 17.5 Å². The van der Waals surface area contributed by atoms with Crippen LogP contribution >= 0.6 is 0 Å². The fourth-order valence-corrected chi connectivity index (χ4v) is 4.93. The number of benzene rings is 5. The first-order chi connectivity index (χ1) is 20.2. The van der Waals surface area contributed by atoms with E-state index in [1.54, 1.807) is 36.5 Å². The third-order valence-electron chi connectivity index (χ3n) is 6.61. The molecule has 8 heteroatoms. The summed E-state index contributed by atoms with van der Waals surface area (Å²) in [5.41, 5.74) is 2.06. The first-order valence-corrected chi connectivity index (χ1v) is 12.9. The summed E-state index contributed by atoms with van der Waals surface area (Å²) in [7, 11) is 0. The summed E-state index contributed by atoms with van der Waals surface area (Å²) in [4.78, 5) is 14.6. The van der Waals surface area contributed by atoms with E-state index in [4.69, 9.17) is 5.11 Å². The molecule has 0 aliphatic rings. The number of pyridine rings is 1. The smallest absolute Gasteiger partial charge is 0.155 e. The molecule has 5 aromatic carbocycles. The van der Waals surface area contributed by atoms with E-state index in [0.29, 0.717) is 27.6 Å². The van der Waals surface area contributed by atoms with Gasteiger partial charge < -0.3 is 5.11 Å². The van der Waals surface area contributed by atoms with Gasteiger partial charge in [0.15, 0.2) is 5.78 Å². The van der Waals surface area contributed by atoms with Crippen molar-refractivity contribution >= 4 is 38.1 Å². The molecule has 0 atom stereocenters. The van der Waals surface area contributed by atoms with E-state index in [1.807, 2.05) is 24.3 Å². The summed E-state index contributed by atoms with van der Waals surface area (Å²) in [6, 6.07) is 26.4. The van der Waals surface area contributed by atoms with Gasteiger partial charge in [0.2, 0.25) is 0 Å². The van der Waals surface area contributed by atoms with Gasteiger partial charge in [-0.15, -0.1) is 23.6 Å². The molecule has 1 aromatic heterocycles. The van der Waals surface area contributed by atoms with Gasteiger partial charge in [-0.25, -0.2) is 13.2 Å². The molecule has 0 fully saturated rings. The Bertz CT molecular complexity index is 2080. The molecule has 0 aliphatic carbocycles. The van der Waals surface area contributed by atoms with Crippen LogP contribution in [-0.4, -0.2) is 15.9 Å². The molecule has 0 saturated heterocycles. The second kappa shape index (κ2) is 13.0. The van der Waals surface area contributed by atoms with Gasteiger partial charge in [0, 0.05) is 55.1 Å². The van der Waals surface area contributed by atoms with Crippen LogP contribution in [0.3, 0.4) is 0 Å². The average Bonchev–Trinajstić information content (AvgIpc) is 2.95. The number of ketones is 1. The number of aliphatic hydroxyl groups excluding tert-OH is 1. The van der Waals surface area contributed by atoms with E-state index in [2.05, 4.69) is 17.1 Å². The Labute approximate surface area is 259 Å². The first-order valence-electron chi connectivity index (χ1n) is 12.9. The molecule has 0 saturated carbocycles. The van der Waals surface area contributed by atoms with Gasteiger partial charge in [0.25, 0.3) is 0 Å². The van der Waals surface area contributed by atoms with Crippen molar-refractivity contribution in [3.05, 3.63) is 126 Å². The van der Waals surface area contributed by atoms with Gasteiger partial charge in [-0.2, -0.15) is 5.26 Å².